The summed E-state index contributed by atoms with van der Waals surface area (Å²) in [6.45, 7) is 4.16. The Morgan fingerprint density at radius 3 is 2.38 bits per heavy atom. The average molecular weight is 179 g/mol. The number of pyridine rings is 1. The second kappa shape index (κ2) is 3.85. The Balaban J connectivity index is 2.85. The first-order chi connectivity index (χ1) is 6.08. The Hall–Kier alpha value is -0.930. The number of nitrogens with zero attached hydrogens (tertiary/aromatic N) is 1. The van der Waals surface area contributed by atoms with Gasteiger partial charge in [-0.2, -0.15) is 0 Å². The maximum absolute atomic E-state index is 6.09. The minimum atomic E-state index is -0.0959. The maximum atomic E-state index is 6.09. The first-order valence-electron chi connectivity index (χ1n) is 4.42. The Morgan fingerprint density at radius 1 is 1.38 bits per heavy atom. The van der Waals surface area contributed by atoms with Gasteiger partial charge in [0, 0.05) is 24.0 Å². The van der Waals surface area contributed by atoms with E-state index in [1.165, 1.54) is 0 Å². The zero-order chi connectivity index (χ0) is 9.90. The van der Waals surface area contributed by atoms with Crippen LogP contribution in [0.15, 0.2) is 24.5 Å². The lowest BCUT2D eigenvalue weighted by Crippen LogP contribution is -2.46. The fourth-order valence-corrected chi connectivity index (χ4v) is 1.14. The van der Waals surface area contributed by atoms with Gasteiger partial charge in [-0.05, 0) is 38.6 Å². The molecule has 3 N–H and O–H groups in total. The second-order valence-electron chi connectivity index (χ2n) is 3.73. The predicted octanol–water partition coefficient (Wildman–Crippen LogP) is 1.08. The monoisotopic (exact) mass is 179 g/mol. The number of aromatic nitrogens is 1. The second-order valence-corrected chi connectivity index (χ2v) is 3.73. The molecule has 1 aromatic rings. The smallest absolute Gasteiger partial charge is 0.0475 e. The van der Waals surface area contributed by atoms with E-state index in [4.69, 9.17) is 5.73 Å². The van der Waals surface area contributed by atoms with Crippen LogP contribution in [0.4, 0.5) is 0 Å². The summed E-state index contributed by atoms with van der Waals surface area (Å²) in [4.78, 5) is 3.96. The average Bonchev–Trinajstić information content (AvgIpc) is 2.18. The van der Waals surface area contributed by atoms with Crippen molar-refractivity contribution in [3.63, 3.8) is 0 Å². The lowest BCUT2D eigenvalue weighted by atomic mass is 9.90. The zero-order valence-electron chi connectivity index (χ0n) is 8.41. The normalized spacial score (nSPS) is 14.2. The highest BCUT2D eigenvalue weighted by molar-refractivity contribution is 5.18. The molecule has 72 valence electrons. The molecule has 1 heterocycles. The van der Waals surface area contributed by atoms with Gasteiger partial charge in [-0.1, -0.05) is 0 Å². The topological polar surface area (TPSA) is 50.9 Å². The van der Waals surface area contributed by atoms with Gasteiger partial charge >= 0.3 is 0 Å². The van der Waals surface area contributed by atoms with Crippen LogP contribution in [0.2, 0.25) is 0 Å². The number of rotatable bonds is 3. The van der Waals surface area contributed by atoms with Crippen molar-refractivity contribution in [2.45, 2.75) is 25.4 Å². The first kappa shape index (κ1) is 10.2. The Labute approximate surface area is 79.4 Å². The summed E-state index contributed by atoms with van der Waals surface area (Å²) in [5.74, 6) is 0. The maximum Gasteiger partial charge on any atom is 0.0475 e. The summed E-state index contributed by atoms with van der Waals surface area (Å²) in [6.07, 6.45) is 3.53. The zero-order valence-corrected chi connectivity index (χ0v) is 8.41. The molecule has 0 saturated heterocycles. The van der Waals surface area contributed by atoms with Crippen LogP contribution in [0, 0.1) is 0 Å². The highest BCUT2D eigenvalue weighted by Gasteiger charge is 2.25. The molecule has 0 amide bonds. The van der Waals surface area contributed by atoms with E-state index in [0.717, 1.165) is 5.56 Å². The van der Waals surface area contributed by atoms with E-state index in [9.17, 15) is 0 Å². The van der Waals surface area contributed by atoms with Gasteiger partial charge < -0.3 is 11.1 Å². The molecule has 1 atom stereocenters. The SMILES string of the molecule is CNC(C)(C)C(N)c1ccncc1. The molecule has 0 aliphatic carbocycles. The van der Waals surface area contributed by atoms with Crippen LogP contribution in [0.5, 0.6) is 0 Å². The summed E-state index contributed by atoms with van der Waals surface area (Å²) in [5, 5.41) is 3.19. The van der Waals surface area contributed by atoms with E-state index in [0.29, 0.717) is 0 Å². The molecular weight excluding hydrogens is 162 g/mol. The van der Waals surface area contributed by atoms with E-state index < -0.39 is 0 Å². The molecule has 0 radical (unpaired) electrons. The molecule has 3 nitrogen and oxygen atoms in total. The number of hydrogen-bond donors (Lipinski definition) is 2. The third-order valence-corrected chi connectivity index (χ3v) is 2.49. The van der Waals surface area contributed by atoms with Crippen LogP contribution in [-0.2, 0) is 0 Å². The molecule has 0 bridgehead atoms. The summed E-state index contributed by atoms with van der Waals surface area (Å²) < 4.78 is 0. The molecule has 0 aromatic carbocycles. The fourth-order valence-electron chi connectivity index (χ4n) is 1.14. The van der Waals surface area contributed by atoms with Crippen LogP contribution in [0.25, 0.3) is 0 Å². The van der Waals surface area contributed by atoms with Crippen molar-refractivity contribution in [3.8, 4) is 0 Å². The molecule has 1 unspecified atom stereocenters. The number of hydrogen-bond acceptors (Lipinski definition) is 3. The Bertz CT molecular complexity index is 256. The van der Waals surface area contributed by atoms with Crippen molar-refractivity contribution >= 4 is 0 Å². The molecule has 1 rings (SSSR count). The number of likely N-dealkylation sites (N-methyl/N-ethyl adjacent to an activating group) is 1. The van der Waals surface area contributed by atoms with Crippen LogP contribution < -0.4 is 11.1 Å². The highest BCUT2D eigenvalue weighted by atomic mass is 15.0. The van der Waals surface area contributed by atoms with Gasteiger partial charge in [0.15, 0.2) is 0 Å². The van der Waals surface area contributed by atoms with Crippen LogP contribution in [-0.4, -0.2) is 17.6 Å². The van der Waals surface area contributed by atoms with Crippen molar-refractivity contribution in [3.05, 3.63) is 30.1 Å². The molecule has 0 fully saturated rings. The fraction of sp³-hybridized carbons (Fsp3) is 0.500. The van der Waals surface area contributed by atoms with Gasteiger partial charge in [-0.3, -0.25) is 4.98 Å². The van der Waals surface area contributed by atoms with E-state index in [1.54, 1.807) is 12.4 Å². The van der Waals surface area contributed by atoms with Gasteiger partial charge in [-0.25, -0.2) is 0 Å². The van der Waals surface area contributed by atoms with E-state index >= 15 is 0 Å². The van der Waals surface area contributed by atoms with Gasteiger partial charge in [0.1, 0.15) is 0 Å². The first-order valence-corrected chi connectivity index (χ1v) is 4.42. The van der Waals surface area contributed by atoms with Crippen LogP contribution in [0.3, 0.4) is 0 Å². The van der Waals surface area contributed by atoms with E-state index in [2.05, 4.69) is 24.1 Å². The van der Waals surface area contributed by atoms with Crippen molar-refractivity contribution in [2.75, 3.05) is 7.05 Å². The third-order valence-electron chi connectivity index (χ3n) is 2.49. The predicted molar refractivity (Wildman–Crippen MR) is 54.3 cm³/mol. The van der Waals surface area contributed by atoms with Crippen molar-refractivity contribution in [1.82, 2.24) is 10.3 Å². The van der Waals surface area contributed by atoms with Crippen molar-refractivity contribution in [1.29, 1.82) is 0 Å². The van der Waals surface area contributed by atoms with Crippen LogP contribution in [0.1, 0.15) is 25.5 Å². The largest absolute Gasteiger partial charge is 0.322 e. The number of nitrogens with one attached hydrogen (secondary N) is 1. The summed E-state index contributed by atoms with van der Waals surface area (Å²) in [6, 6.07) is 3.88. The molecular formula is C10H17N3. The molecule has 0 aliphatic rings. The molecule has 1 aromatic heterocycles. The molecule has 3 heteroatoms. The van der Waals surface area contributed by atoms with Gasteiger partial charge in [0.05, 0.1) is 0 Å². The van der Waals surface area contributed by atoms with E-state index in [1.807, 2.05) is 19.2 Å². The summed E-state index contributed by atoms with van der Waals surface area (Å²) >= 11 is 0. The molecule has 0 spiro atoms. The minimum absolute atomic E-state index is 0.0134. The van der Waals surface area contributed by atoms with Crippen LogP contribution >= 0.6 is 0 Å². The molecule has 13 heavy (non-hydrogen) atoms. The van der Waals surface area contributed by atoms with Crippen molar-refractivity contribution < 1.29 is 0 Å². The van der Waals surface area contributed by atoms with Crippen molar-refractivity contribution in [2.24, 2.45) is 5.73 Å². The molecule has 0 saturated carbocycles. The molecule has 0 aliphatic heterocycles. The standard InChI is InChI=1S/C10H17N3/c1-10(2,12-3)9(11)8-4-6-13-7-5-8/h4-7,9,12H,11H2,1-3H3. The van der Waals surface area contributed by atoms with Gasteiger partial charge in [0.2, 0.25) is 0 Å². The summed E-state index contributed by atoms with van der Waals surface area (Å²) in [7, 11) is 1.92. The summed E-state index contributed by atoms with van der Waals surface area (Å²) in [5.41, 5.74) is 7.10. The lowest BCUT2D eigenvalue weighted by Gasteiger charge is -2.31. The Morgan fingerprint density at radius 2 is 1.92 bits per heavy atom. The third kappa shape index (κ3) is 2.26. The number of nitrogens with two attached hydrogens (primary N) is 1. The van der Waals surface area contributed by atoms with E-state index in [-0.39, 0.29) is 11.6 Å². The Kier molecular flexibility index (Phi) is 3.01. The highest BCUT2D eigenvalue weighted by Crippen LogP contribution is 2.21. The van der Waals surface area contributed by atoms with Gasteiger partial charge in [0.25, 0.3) is 0 Å². The van der Waals surface area contributed by atoms with Gasteiger partial charge in [-0.15, -0.1) is 0 Å². The quantitative estimate of drug-likeness (QED) is 0.730. The minimum Gasteiger partial charge on any atom is -0.322 e. The lowest BCUT2D eigenvalue weighted by molar-refractivity contribution is 0.348.